The predicted octanol–water partition coefficient (Wildman–Crippen LogP) is 3.62. The van der Waals surface area contributed by atoms with E-state index in [4.69, 9.17) is 25.8 Å². The van der Waals surface area contributed by atoms with E-state index in [1.807, 2.05) is 44.2 Å². The van der Waals surface area contributed by atoms with E-state index in [0.717, 1.165) is 24.4 Å². The third-order valence-corrected chi connectivity index (χ3v) is 4.85. The van der Waals surface area contributed by atoms with Gasteiger partial charge in [0.1, 0.15) is 19.5 Å². The van der Waals surface area contributed by atoms with Gasteiger partial charge in [0.05, 0.1) is 0 Å². The zero-order valence-corrected chi connectivity index (χ0v) is 16.6. The lowest BCUT2D eigenvalue weighted by atomic mass is 10.1. The van der Waals surface area contributed by atoms with Gasteiger partial charge in [-0.2, -0.15) is 0 Å². The first-order chi connectivity index (χ1) is 13.5. The van der Waals surface area contributed by atoms with Crippen molar-refractivity contribution in [2.24, 2.45) is 0 Å². The molecule has 1 aliphatic heterocycles. The highest BCUT2D eigenvalue weighted by Crippen LogP contribution is 2.18. The van der Waals surface area contributed by atoms with Crippen LogP contribution in [-0.4, -0.2) is 36.1 Å². The molecule has 0 fully saturated rings. The lowest BCUT2D eigenvalue weighted by Gasteiger charge is -2.14. The van der Waals surface area contributed by atoms with Crippen LogP contribution < -0.4 is 0 Å². The van der Waals surface area contributed by atoms with Gasteiger partial charge in [-0.05, 0) is 44.0 Å². The summed E-state index contributed by atoms with van der Waals surface area (Å²) in [5.74, 6) is -0.978. The molecule has 1 aromatic carbocycles. The van der Waals surface area contributed by atoms with Crippen molar-refractivity contribution in [1.82, 2.24) is 4.57 Å². The summed E-state index contributed by atoms with van der Waals surface area (Å²) in [6, 6.07) is 9.55. The van der Waals surface area contributed by atoms with Gasteiger partial charge in [0.25, 0.3) is 0 Å². The van der Waals surface area contributed by atoms with Gasteiger partial charge in [0, 0.05) is 28.5 Å². The van der Waals surface area contributed by atoms with Crippen LogP contribution in [0.5, 0.6) is 0 Å². The molecule has 0 saturated heterocycles. The van der Waals surface area contributed by atoms with Gasteiger partial charge in [-0.1, -0.05) is 23.7 Å². The molecule has 0 aliphatic carbocycles. The first kappa shape index (κ1) is 20.0. The number of aromatic nitrogens is 1. The molecule has 0 N–H and O–H groups in total. The first-order valence-corrected chi connectivity index (χ1v) is 9.39. The number of esters is 1. The van der Waals surface area contributed by atoms with E-state index in [0.29, 0.717) is 17.2 Å². The Morgan fingerprint density at radius 3 is 2.61 bits per heavy atom. The molecule has 0 bridgehead atoms. The Hall–Kier alpha value is -2.73. The Kier molecular flexibility index (Phi) is 6.41. The lowest BCUT2D eigenvalue weighted by molar-refractivity contribution is -0.143. The minimum absolute atomic E-state index is 0.0208. The summed E-state index contributed by atoms with van der Waals surface area (Å²) < 4.78 is 17.3. The standard InChI is InChI=1S/C21H22ClNO5/c1-14-11-18(19(24)12-28-21(25)20-13-26-9-10-27-20)15(2)23(14)8-7-16-3-5-17(22)6-4-16/h3-6,11,13H,7-10,12H2,1-2H3. The van der Waals surface area contributed by atoms with Crippen LogP contribution in [0.1, 0.15) is 27.3 Å². The molecule has 3 rings (SSSR count). The van der Waals surface area contributed by atoms with Gasteiger partial charge in [0.15, 0.2) is 6.61 Å². The Morgan fingerprint density at radius 1 is 1.18 bits per heavy atom. The van der Waals surface area contributed by atoms with E-state index >= 15 is 0 Å². The number of carbonyl (C=O) groups excluding carboxylic acids is 2. The van der Waals surface area contributed by atoms with Crippen molar-refractivity contribution in [2.45, 2.75) is 26.8 Å². The summed E-state index contributed by atoms with van der Waals surface area (Å²) in [6.07, 6.45) is 2.03. The second kappa shape index (κ2) is 8.97. The number of halogens is 1. The van der Waals surface area contributed by atoms with E-state index < -0.39 is 5.97 Å². The van der Waals surface area contributed by atoms with Gasteiger partial charge >= 0.3 is 5.97 Å². The molecule has 0 unspecified atom stereocenters. The maximum Gasteiger partial charge on any atom is 0.377 e. The third-order valence-electron chi connectivity index (χ3n) is 4.60. The summed E-state index contributed by atoms with van der Waals surface area (Å²) in [5, 5.41) is 0.709. The first-order valence-electron chi connectivity index (χ1n) is 9.02. The normalized spacial score (nSPS) is 13.3. The highest BCUT2D eigenvalue weighted by atomic mass is 35.5. The average molecular weight is 404 g/mol. The Morgan fingerprint density at radius 2 is 1.93 bits per heavy atom. The molecule has 0 saturated carbocycles. The number of hydrogen-bond donors (Lipinski definition) is 0. The largest absolute Gasteiger partial charge is 0.493 e. The van der Waals surface area contributed by atoms with Gasteiger partial charge in [-0.25, -0.2) is 4.79 Å². The minimum atomic E-state index is -0.704. The van der Waals surface area contributed by atoms with Crippen molar-refractivity contribution in [3.8, 4) is 0 Å². The van der Waals surface area contributed by atoms with E-state index in [1.165, 1.54) is 11.8 Å². The molecule has 2 aromatic rings. The molecule has 2 heterocycles. The molecule has 0 atom stereocenters. The van der Waals surface area contributed by atoms with Crippen molar-refractivity contribution in [3.05, 3.63) is 69.9 Å². The van der Waals surface area contributed by atoms with Gasteiger partial charge in [-0.15, -0.1) is 0 Å². The number of carbonyl (C=O) groups is 2. The van der Waals surface area contributed by atoms with E-state index in [1.54, 1.807) is 0 Å². The Bertz CT molecular complexity index is 898. The van der Waals surface area contributed by atoms with Crippen molar-refractivity contribution < 1.29 is 23.8 Å². The van der Waals surface area contributed by atoms with Crippen molar-refractivity contribution in [3.63, 3.8) is 0 Å². The molecule has 28 heavy (non-hydrogen) atoms. The zero-order valence-electron chi connectivity index (χ0n) is 15.9. The van der Waals surface area contributed by atoms with Crippen LogP contribution in [0, 0.1) is 13.8 Å². The smallest absolute Gasteiger partial charge is 0.377 e. The number of hydrogen-bond acceptors (Lipinski definition) is 5. The van der Waals surface area contributed by atoms with Crippen LogP contribution in [0.3, 0.4) is 0 Å². The Balaban J connectivity index is 1.61. The molecular formula is C21H22ClNO5. The fourth-order valence-corrected chi connectivity index (χ4v) is 3.20. The fraction of sp³-hybridized carbons (Fsp3) is 0.333. The Labute approximate surface area is 168 Å². The van der Waals surface area contributed by atoms with E-state index in [9.17, 15) is 9.59 Å². The second-order valence-electron chi connectivity index (χ2n) is 6.51. The molecule has 0 amide bonds. The molecular weight excluding hydrogens is 382 g/mol. The highest BCUT2D eigenvalue weighted by molar-refractivity contribution is 6.30. The van der Waals surface area contributed by atoms with Crippen LogP contribution in [0.2, 0.25) is 5.02 Å². The number of rotatable bonds is 7. The lowest BCUT2D eigenvalue weighted by Crippen LogP contribution is -2.20. The summed E-state index contributed by atoms with van der Waals surface area (Å²) >= 11 is 5.92. The molecule has 6 nitrogen and oxygen atoms in total. The second-order valence-corrected chi connectivity index (χ2v) is 6.95. The SMILES string of the molecule is Cc1cc(C(=O)COC(=O)C2=COCCO2)c(C)n1CCc1ccc(Cl)cc1. The van der Waals surface area contributed by atoms with Gasteiger partial charge in [0.2, 0.25) is 11.5 Å². The third kappa shape index (κ3) is 4.75. The highest BCUT2D eigenvalue weighted by Gasteiger charge is 2.21. The number of Topliss-reactive ketones (excluding diaryl/α,β-unsaturated/α-hetero) is 1. The van der Waals surface area contributed by atoms with Gasteiger partial charge < -0.3 is 18.8 Å². The number of benzene rings is 1. The van der Waals surface area contributed by atoms with Crippen molar-refractivity contribution in [1.29, 1.82) is 0 Å². The molecule has 148 valence electrons. The number of aryl methyl sites for hydroxylation is 2. The van der Waals surface area contributed by atoms with Crippen molar-refractivity contribution in [2.75, 3.05) is 19.8 Å². The molecule has 0 spiro atoms. The van der Waals surface area contributed by atoms with Crippen LogP contribution in [0.15, 0.2) is 42.4 Å². The summed E-state index contributed by atoms with van der Waals surface area (Å²) in [5.41, 5.74) is 3.55. The monoisotopic (exact) mass is 403 g/mol. The maximum atomic E-state index is 12.5. The zero-order chi connectivity index (χ0) is 20.1. The number of nitrogens with zero attached hydrogens (tertiary/aromatic N) is 1. The van der Waals surface area contributed by atoms with E-state index in [2.05, 4.69) is 4.57 Å². The topological polar surface area (TPSA) is 66.8 Å². The quantitative estimate of drug-likeness (QED) is 0.522. The van der Waals surface area contributed by atoms with Crippen molar-refractivity contribution >= 4 is 23.4 Å². The average Bonchev–Trinajstić information content (AvgIpc) is 3.00. The van der Waals surface area contributed by atoms with Crippen LogP contribution in [0.4, 0.5) is 0 Å². The van der Waals surface area contributed by atoms with Gasteiger partial charge in [-0.3, -0.25) is 4.79 Å². The van der Waals surface area contributed by atoms with Crippen LogP contribution in [0.25, 0.3) is 0 Å². The molecule has 1 aromatic heterocycles. The summed E-state index contributed by atoms with van der Waals surface area (Å²) in [7, 11) is 0. The molecule has 0 radical (unpaired) electrons. The maximum absolute atomic E-state index is 12.5. The fourth-order valence-electron chi connectivity index (χ4n) is 3.07. The summed E-state index contributed by atoms with van der Waals surface area (Å²) in [4.78, 5) is 24.4. The summed E-state index contributed by atoms with van der Waals surface area (Å²) in [6.45, 7) is 4.91. The molecule has 7 heteroatoms. The number of ether oxygens (including phenoxy) is 3. The minimum Gasteiger partial charge on any atom is -0.493 e. The van der Waals surface area contributed by atoms with E-state index in [-0.39, 0.29) is 24.8 Å². The number of ketones is 1. The van der Waals surface area contributed by atoms with Crippen LogP contribution >= 0.6 is 11.6 Å². The molecule has 1 aliphatic rings. The predicted molar refractivity (Wildman–Crippen MR) is 104 cm³/mol. The van der Waals surface area contributed by atoms with Crippen LogP contribution in [-0.2, 0) is 32.0 Å².